The molecule has 1 unspecified atom stereocenters. The fourth-order valence-corrected chi connectivity index (χ4v) is 6.66. The van der Waals surface area contributed by atoms with Gasteiger partial charge in [0.15, 0.2) is 6.10 Å². The number of hydrogen-bond donors (Lipinski definition) is 0. The maximum Gasteiger partial charge on any atom is 0.306 e. The minimum absolute atomic E-state index is 0.131. The van der Waals surface area contributed by atoms with Gasteiger partial charge in [-0.1, -0.05) is 204 Å². The molecule has 0 N–H and O–H groups in total. The molecule has 394 valence electrons. The van der Waals surface area contributed by atoms with Crippen LogP contribution >= 0.6 is 0 Å². The van der Waals surface area contributed by atoms with Crippen molar-refractivity contribution in [3.05, 3.63) is 170 Å². The number of hydrogen-bond acceptors (Lipinski definition) is 6. The van der Waals surface area contributed by atoms with E-state index in [1.54, 1.807) is 0 Å². The second-order valence-corrected chi connectivity index (χ2v) is 17.3. The highest BCUT2D eigenvalue weighted by Crippen LogP contribution is 2.11. The van der Waals surface area contributed by atoms with Crippen molar-refractivity contribution in [2.24, 2.45) is 0 Å². The van der Waals surface area contributed by atoms with E-state index in [0.717, 1.165) is 148 Å². The van der Waals surface area contributed by atoms with Gasteiger partial charge in [0.2, 0.25) is 0 Å². The van der Waals surface area contributed by atoms with E-state index in [0.29, 0.717) is 19.3 Å². The van der Waals surface area contributed by atoms with E-state index in [4.69, 9.17) is 14.2 Å². The molecule has 6 nitrogen and oxygen atoms in total. The first-order valence-corrected chi connectivity index (χ1v) is 27.6. The van der Waals surface area contributed by atoms with Gasteiger partial charge in [-0.2, -0.15) is 0 Å². The normalized spacial score (nSPS) is 13.5. The van der Waals surface area contributed by atoms with E-state index in [9.17, 15) is 14.4 Å². The monoisotopic (exact) mass is 975 g/mol. The fourth-order valence-electron chi connectivity index (χ4n) is 6.66. The Labute approximate surface area is 434 Å². The molecule has 0 spiro atoms. The smallest absolute Gasteiger partial charge is 0.306 e. The topological polar surface area (TPSA) is 78.9 Å². The number of rotatable bonds is 47. The third-order valence-electron chi connectivity index (χ3n) is 10.7. The Hall–Kier alpha value is -5.23. The summed E-state index contributed by atoms with van der Waals surface area (Å²) in [6, 6.07) is 0. The van der Waals surface area contributed by atoms with Crippen LogP contribution in [0.4, 0.5) is 0 Å². The number of allylic oxidation sites excluding steroid dienone is 28. The molecule has 0 fully saturated rings. The van der Waals surface area contributed by atoms with Crippen molar-refractivity contribution in [2.45, 2.75) is 207 Å². The van der Waals surface area contributed by atoms with Crippen molar-refractivity contribution in [1.82, 2.24) is 0 Å². The predicted octanol–water partition coefficient (Wildman–Crippen LogP) is 18.8. The Morgan fingerprint density at radius 3 is 0.803 bits per heavy atom. The van der Waals surface area contributed by atoms with Crippen LogP contribution in [0.1, 0.15) is 201 Å². The van der Waals surface area contributed by atoms with Crippen LogP contribution in [0.3, 0.4) is 0 Å². The highest BCUT2D eigenvalue weighted by Gasteiger charge is 2.19. The molecule has 0 aromatic heterocycles. The molecule has 0 aromatic rings. The van der Waals surface area contributed by atoms with E-state index in [-0.39, 0.29) is 44.0 Å². The maximum absolute atomic E-state index is 12.8. The molecule has 0 rings (SSSR count). The molecule has 0 heterocycles. The van der Waals surface area contributed by atoms with Gasteiger partial charge in [0.25, 0.3) is 0 Å². The molecular formula is C65H98O6. The van der Waals surface area contributed by atoms with Crippen LogP contribution in [0.15, 0.2) is 170 Å². The number of unbranched alkanes of at least 4 members (excludes halogenated alkanes) is 8. The van der Waals surface area contributed by atoms with E-state index < -0.39 is 6.10 Å². The number of carbonyl (C=O) groups is 3. The highest BCUT2D eigenvalue weighted by atomic mass is 16.6. The van der Waals surface area contributed by atoms with Gasteiger partial charge < -0.3 is 14.2 Å². The molecule has 0 aliphatic carbocycles. The molecule has 0 saturated heterocycles. The Balaban J connectivity index is 4.57. The van der Waals surface area contributed by atoms with Gasteiger partial charge in [0.05, 0.1) is 0 Å². The fraction of sp³-hybridized carbons (Fsp3) is 0.523. The third kappa shape index (κ3) is 55.6. The van der Waals surface area contributed by atoms with Gasteiger partial charge in [-0.25, -0.2) is 0 Å². The molecule has 0 radical (unpaired) electrons. The summed E-state index contributed by atoms with van der Waals surface area (Å²) in [5.74, 6) is -1.05. The standard InChI is InChI=1S/C65H98O6/c1-4-7-10-13-16-19-22-25-28-29-30-31-32-33-34-35-38-40-43-46-49-52-55-58-64(67)70-61-62(71-65(68)59-56-53-50-47-44-41-37-27-24-21-18-15-12-9-6-3)60-69-63(66)57-54-51-48-45-42-39-36-26-23-20-17-14-11-8-5-2/h7-12,16-21,25-28,30-31,33-34,36-38,40,42,44-45,47,62H,4-6,13-15,22-24,29,32,35,39,41,43,46,48-61H2,1-3H3/b10-7-,11-8-,12-9-,19-16-,20-17-,21-18-,28-25-,31-30-,34-33-,36-26-,37-27-,40-38-,45-42-,47-44-. The number of esters is 3. The molecule has 1 atom stereocenters. The summed E-state index contributed by atoms with van der Waals surface area (Å²) in [5.41, 5.74) is 0. The predicted molar refractivity (Wildman–Crippen MR) is 306 cm³/mol. The van der Waals surface area contributed by atoms with Crippen LogP contribution in [-0.4, -0.2) is 37.2 Å². The zero-order valence-electron chi connectivity index (χ0n) is 44.9. The average Bonchev–Trinajstić information content (AvgIpc) is 3.37. The van der Waals surface area contributed by atoms with Gasteiger partial charge in [-0.15, -0.1) is 0 Å². The Morgan fingerprint density at radius 2 is 0.507 bits per heavy atom. The van der Waals surface area contributed by atoms with E-state index in [2.05, 4.69) is 191 Å². The lowest BCUT2D eigenvalue weighted by molar-refractivity contribution is -0.167. The van der Waals surface area contributed by atoms with Crippen LogP contribution < -0.4 is 0 Å². The summed E-state index contributed by atoms with van der Waals surface area (Å²) in [7, 11) is 0. The van der Waals surface area contributed by atoms with Crippen molar-refractivity contribution in [3.63, 3.8) is 0 Å². The van der Waals surface area contributed by atoms with E-state index in [1.807, 2.05) is 0 Å². The first-order valence-electron chi connectivity index (χ1n) is 27.6. The van der Waals surface area contributed by atoms with Crippen LogP contribution in [0, 0.1) is 0 Å². The first-order chi connectivity index (χ1) is 35.0. The lowest BCUT2D eigenvalue weighted by atomic mass is 10.1. The zero-order valence-corrected chi connectivity index (χ0v) is 44.9. The molecule has 71 heavy (non-hydrogen) atoms. The lowest BCUT2D eigenvalue weighted by Gasteiger charge is -2.18. The summed E-state index contributed by atoms with van der Waals surface area (Å²) in [5, 5.41) is 0. The largest absolute Gasteiger partial charge is 0.462 e. The van der Waals surface area contributed by atoms with Gasteiger partial charge in [-0.3, -0.25) is 14.4 Å². The lowest BCUT2D eigenvalue weighted by Crippen LogP contribution is -2.30. The molecule has 0 aliphatic heterocycles. The summed E-state index contributed by atoms with van der Waals surface area (Å²) >= 11 is 0. The van der Waals surface area contributed by atoms with Gasteiger partial charge in [0, 0.05) is 19.3 Å². The SMILES string of the molecule is CC/C=C\C/C=C\C/C=C\C/C=C\C/C=C\C/C=C\CCCCCCC(=O)OCC(COC(=O)CCCC/C=C\C/C=C\C/C=C\C/C=C\CC)OC(=O)CCCC/C=C\C/C=C\C/C=C\C/C=C\CC. The van der Waals surface area contributed by atoms with Crippen molar-refractivity contribution < 1.29 is 28.6 Å². The van der Waals surface area contributed by atoms with E-state index in [1.165, 1.54) is 0 Å². The van der Waals surface area contributed by atoms with Gasteiger partial charge in [-0.05, 0) is 148 Å². The van der Waals surface area contributed by atoms with Crippen molar-refractivity contribution in [3.8, 4) is 0 Å². The zero-order chi connectivity index (χ0) is 51.4. The Bertz CT molecular complexity index is 1690. The molecule has 6 heteroatoms. The summed E-state index contributed by atoms with van der Waals surface area (Å²) < 4.78 is 16.7. The Kier molecular flexibility index (Phi) is 53.1. The van der Waals surface area contributed by atoms with Crippen LogP contribution in [-0.2, 0) is 28.6 Å². The van der Waals surface area contributed by atoms with Crippen molar-refractivity contribution >= 4 is 17.9 Å². The van der Waals surface area contributed by atoms with Crippen molar-refractivity contribution in [1.29, 1.82) is 0 Å². The molecule has 0 aromatic carbocycles. The quantitative estimate of drug-likeness (QED) is 0.0262. The third-order valence-corrected chi connectivity index (χ3v) is 10.7. The minimum Gasteiger partial charge on any atom is -0.462 e. The van der Waals surface area contributed by atoms with Crippen LogP contribution in [0.5, 0.6) is 0 Å². The second kappa shape index (κ2) is 57.3. The molecule has 0 bridgehead atoms. The summed E-state index contributed by atoms with van der Waals surface area (Å²) in [6.07, 6.45) is 84.9. The number of ether oxygens (including phenoxy) is 3. The first kappa shape index (κ1) is 65.8. The van der Waals surface area contributed by atoms with Crippen LogP contribution in [0.2, 0.25) is 0 Å². The minimum atomic E-state index is -0.837. The Morgan fingerprint density at radius 1 is 0.282 bits per heavy atom. The molecule has 0 saturated carbocycles. The van der Waals surface area contributed by atoms with E-state index >= 15 is 0 Å². The molecule has 0 amide bonds. The summed E-state index contributed by atoms with van der Waals surface area (Å²) in [4.78, 5) is 38.1. The highest BCUT2D eigenvalue weighted by molar-refractivity contribution is 5.71. The summed E-state index contributed by atoms with van der Waals surface area (Å²) in [6.45, 7) is 6.17. The average molecular weight is 975 g/mol. The number of carbonyl (C=O) groups excluding carboxylic acids is 3. The second-order valence-electron chi connectivity index (χ2n) is 17.3. The van der Waals surface area contributed by atoms with Gasteiger partial charge in [0.1, 0.15) is 13.2 Å². The molecule has 0 aliphatic rings. The molecular weight excluding hydrogens is 877 g/mol. The maximum atomic E-state index is 12.8. The van der Waals surface area contributed by atoms with Crippen molar-refractivity contribution in [2.75, 3.05) is 13.2 Å². The van der Waals surface area contributed by atoms with Crippen LogP contribution in [0.25, 0.3) is 0 Å². The van der Waals surface area contributed by atoms with Gasteiger partial charge >= 0.3 is 17.9 Å².